The number of rotatable bonds is 3. The number of hydrogen-bond acceptors (Lipinski definition) is 2. The van der Waals surface area contributed by atoms with Crippen LogP contribution in [0.4, 0.5) is 0 Å². The fraction of sp³-hybridized carbons (Fsp3) is 0.357. The minimum absolute atomic E-state index is 0.128. The average molecular weight is 230 g/mol. The number of hydrogen-bond donors (Lipinski definition) is 1. The van der Waals surface area contributed by atoms with Gasteiger partial charge < -0.3 is 5.32 Å². The third-order valence-electron chi connectivity index (χ3n) is 2.80. The molecular weight excluding hydrogens is 212 g/mol. The van der Waals surface area contributed by atoms with Crippen molar-refractivity contribution in [3.8, 4) is 0 Å². The second-order valence-corrected chi connectivity index (χ2v) is 4.46. The summed E-state index contributed by atoms with van der Waals surface area (Å²) in [7, 11) is 0. The van der Waals surface area contributed by atoms with E-state index in [-0.39, 0.29) is 5.91 Å². The molecule has 1 aliphatic heterocycles. The molecule has 1 N–H and O–H groups in total. The SMILES string of the molecule is CC(=Cc1ccccc1)CN1CCNC(=O)C1. The van der Waals surface area contributed by atoms with E-state index in [2.05, 4.69) is 35.3 Å². The highest BCUT2D eigenvalue weighted by Gasteiger charge is 2.15. The molecule has 0 aliphatic carbocycles. The minimum Gasteiger partial charge on any atom is -0.354 e. The molecule has 0 bridgehead atoms. The summed E-state index contributed by atoms with van der Waals surface area (Å²) in [6, 6.07) is 10.3. The molecule has 0 radical (unpaired) electrons. The highest BCUT2D eigenvalue weighted by Crippen LogP contribution is 2.08. The lowest BCUT2D eigenvalue weighted by Gasteiger charge is -2.26. The molecule has 1 saturated heterocycles. The lowest BCUT2D eigenvalue weighted by molar-refractivity contribution is -0.123. The standard InChI is InChI=1S/C14H18N2O/c1-12(9-13-5-3-2-4-6-13)10-16-8-7-15-14(17)11-16/h2-6,9H,7-8,10-11H2,1H3,(H,15,17). The maximum atomic E-state index is 11.2. The number of carbonyl (C=O) groups excluding carboxylic acids is 1. The summed E-state index contributed by atoms with van der Waals surface area (Å²) < 4.78 is 0. The van der Waals surface area contributed by atoms with Crippen LogP contribution < -0.4 is 5.32 Å². The van der Waals surface area contributed by atoms with Gasteiger partial charge in [0, 0.05) is 19.6 Å². The van der Waals surface area contributed by atoms with Gasteiger partial charge in [0.05, 0.1) is 6.54 Å². The number of amides is 1. The first-order valence-corrected chi connectivity index (χ1v) is 5.95. The summed E-state index contributed by atoms with van der Waals surface area (Å²) in [5.41, 5.74) is 2.50. The van der Waals surface area contributed by atoms with Gasteiger partial charge in [-0.15, -0.1) is 0 Å². The van der Waals surface area contributed by atoms with Gasteiger partial charge in [0.1, 0.15) is 0 Å². The summed E-state index contributed by atoms with van der Waals surface area (Å²) in [5, 5.41) is 2.83. The van der Waals surface area contributed by atoms with E-state index in [1.807, 2.05) is 18.2 Å². The molecule has 2 rings (SSSR count). The predicted molar refractivity (Wildman–Crippen MR) is 69.5 cm³/mol. The second kappa shape index (κ2) is 5.64. The second-order valence-electron chi connectivity index (χ2n) is 4.46. The van der Waals surface area contributed by atoms with Crippen molar-refractivity contribution in [2.24, 2.45) is 0 Å². The van der Waals surface area contributed by atoms with Gasteiger partial charge in [-0.1, -0.05) is 42.0 Å². The number of nitrogens with one attached hydrogen (secondary N) is 1. The number of benzene rings is 1. The van der Waals surface area contributed by atoms with Crippen molar-refractivity contribution in [2.45, 2.75) is 6.92 Å². The Kier molecular flexibility index (Phi) is 3.94. The quantitative estimate of drug-likeness (QED) is 0.854. The van der Waals surface area contributed by atoms with Crippen LogP contribution in [0.5, 0.6) is 0 Å². The van der Waals surface area contributed by atoms with E-state index in [1.165, 1.54) is 11.1 Å². The van der Waals surface area contributed by atoms with Crippen molar-refractivity contribution >= 4 is 12.0 Å². The maximum absolute atomic E-state index is 11.2. The lowest BCUT2D eigenvalue weighted by atomic mass is 10.1. The molecule has 3 heteroatoms. The van der Waals surface area contributed by atoms with Crippen LogP contribution in [-0.4, -0.2) is 37.0 Å². The summed E-state index contributed by atoms with van der Waals surface area (Å²) in [6.07, 6.45) is 2.17. The zero-order valence-corrected chi connectivity index (χ0v) is 10.1. The van der Waals surface area contributed by atoms with Gasteiger partial charge in [-0.25, -0.2) is 0 Å². The Morgan fingerprint density at radius 2 is 2.18 bits per heavy atom. The van der Waals surface area contributed by atoms with Crippen LogP contribution >= 0.6 is 0 Å². The first-order chi connectivity index (χ1) is 8.24. The predicted octanol–water partition coefficient (Wildman–Crippen LogP) is 1.52. The van der Waals surface area contributed by atoms with Crippen LogP contribution in [0.2, 0.25) is 0 Å². The lowest BCUT2D eigenvalue weighted by Crippen LogP contribution is -2.47. The van der Waals surface area contributed by atoms with Crippen molar-refractivity contribution < 1.29 is 4.79 Å². The molecule has 17 heavy (non-hydrogen) atoms. The molecule has 1 aliphatic rings. The van der Waals surface area contributed by atoms with Gasteiger partial charge in [0.15, 0.2) is 0 Å². The third kappa shape index (κ3) is 3.71. The normalized spacial score (nSPS) is 17.9. The molecule has 0 atom stereocenters. The summed E-state index contributed by atoms with van der Waals surface area (Å²) in [6.45, 7) is 5.19. The number of carbonyl (C=O) groups is 1. The molecule has 1 aromatic carbocycles. The molecule has 0 aromatic heterocycles. The molecule has 1 heterocycles. The Labute approximate surface area is 102 Å². The van der Waals surface area contributed by atoms with Crippen LogP contribution in [-0.2, 0) is 4.79 Å². The molecule has 1 fully saturated rings. The van der Waals surface area contributed by atoms with Crippen molar-refractivity contribution in [3.63, 3.8) is 0 Å². The first kappa shape index (κ1) is 11.9. The molecule has 0 spiro atoms. The summed E-state index contributed by atoms with van der Waals surface area (Å²) in [4.78, 5) is 13.4. The van der Waals surface area contributed by atoms with E-state index in [4.69, 9.17) is 0 Å². The van der Waals surface area contributed by atoms with Gasteiger partial charge in [-0.05, 0) is 12.5 Å². The van der Waals surface area contributed by atoms with E-state index in [9.17, 15) is 4.79 Å². The van der Waals surface area contributed by atoms with Gasteiger partial charge in [0.2, 0.25) is 5.91 Å². The molecular formula is C14H18N2O. The molecule has 1 amide bonds. The third-order valence-corrected chi connectivity index (χ3v) is 2.80. The highest BCUT2D eigenvalue weighted by atomic mass is 16.2. The minimum atomic E-state index is 0.128. The monoisotopic (exact) mass is 230 g/mol. The Morgan fingerprint density at radius 3 is 2.88 bits per heavy atom. The Bertz CT molecular complexity index is 411. The van der Waals surface area contributed by atoms with Gasteiger partial charge in [-0.3, -0.25) is 9.69 Å². The van der Waals surface area contributed by atoms with Gasteiger partial charge >= 0.3 is 0 Å². The molecule has 0 unspecified atom stereocenters. The van der Waals surface area contributed by atoms with E-state index in [0.29, 0.717) is 6.54 Å². The van der Waals surface area contributed by atoms with Crippen LogP contribution in [0.1, 0.15) is 12.5 Å². The average Bonchev–Trinajstić information content (AvgIpc) is 2.30. The van der Waals surface area contributed by atoms with Crippen LogP contribution in [0.15, 0.2) is 35.9 Å². The van der Waals surface area contributed by atoms with Crippen molar-refractivity contribution in [2.75, 3.05) is 26.2 Å². The van der Waals surface area contributed by atoms with Crippen LogP contribution in [0, 0.1) is 0 Å². The molecule has 3 nitrogen and oxygen atoms in total. The van der Waals surface area contributed by atoms with E-state index in [1.54, 1.807) is 0 Å². The van der Waals surface area contributed by atoms with Crippen molar-refractivity contribution in [1.29, 1.82) is 0 Å². The Balaban J connectivity index is 1.94. The smallest absolute Gasteiger partial charge is 0.234 e. The topological polar surface area (TPSA) is 32.3 Å². The number of nitrogens with zero attached hydrogens (tertiary/aromatic N) is 1. The summed E-state index contributed by atoms with van der Waals surface area (Å²) >= 11 is 0. The fourth-order valence-corrected chi connectivity index (χ4v) is 2.06. The largest absolute Gasteiger partial charge is 0.354 e. The van der Waals surface area contributed by atoms with E-state index >= 15 is 0 Å². The summed E-state index contributed by atoms with van der Waals surface area (Å²) in [5.74, 6) is 0.128. The highest BCUT2D eigenvalue weighted by molar-refractivity contribution is 5.78. The zero-order valence-electron chi connectivity index (χ0n) is 10.1. The van der Waals surface area contributed by atoms with Crippen molar-refractivity contribution in [1.82, 2.24) is 10.2 Å². The Hall–Kier alpha value is -1.61. The van der Waals surface area contributed by atoms with Gasteiger partial charge in [0.25, 0.3) is 0 Å². The van der Waals surface area contributed by atoms with E-state index < -0.39 is 0 Å². The molecule has 1 aromatic rings. The maximum Gasteiger partial charge on any atom is 0.234 e. The van der Waals surface area contributed by atoms with Crippen molar-refractivity contribution in [3.05, 3.63) is 41.5 Å². The van der Waals surface area contributed by atoms with Crippen LogP contribution in [0.25, 0.3) is 6.08 Å². The Morgan fingerprint density at radius 1 is 1.41 bits per heavy atom. The zero-order chi connectivity index (χ0) is 12.1. The van der Waals surface area contributed by atoms with E-state index in [0.717, 1.165) is 19.6 Å². The molecule has 90 valence electrons. The van der Waals surface area contributed by atoms with Gasteiger partial charge in [-0.2, -0.15) is 0 Å². The van der Waals surface area contributed by atoms with Crippen LogP contribution in [0.3, 0.4) is 0 Å². The molecule has 0 saturated carbocycles. The first-order valence-electron chi connectivity index (χ1n) is 5.95. The fourth-order valence-electron chi connectivity index (χ4n) is 2.06. The number of piperazine rings is 1.